The molecule has 0 saturated carbocycles. The van der Waals surface area contributed by atoms with Crippen molar-refractivity contribution in [3.05, 3.63) is 29.1 Å². The van der Waals surface area contributed by atoms with Crippen molar-refractivity contribution in [2.45, 2.75) is 64.5 Å². The summed E-state index contributed by atoms with van der Waals surface area (Å²) in [5.41, 5.74) is 1.48. The number of sulfonamides is 1. The molecule has 1 unspecified atom stereocenters. The lowest BCUT2D eigenvalue weighted by atomic mass is 9.92. The standard InChI is InChI=1S/C20H28FN3O5S/c1-11(2)16-8-14(21)9-17(12(3)4)19(16)22-20(27)23-30(28,29)15-6-7-18(26)24(10-15)13(5)25/h8-9,11-12,15H,6-7,10H2,1-5H3,(H2,22,23,27). The molecule has 2 rings (SSSR count). The van der Waals surface area contributed by atoms with E-state index < -0.39 is 38.9 Å². The number of amides is 4. The molecule has 0 spiro atoms. The number of rotatable bonds is 5. The van der Waals surface area contributed by atoms with Crippen LogP contribution in [0.25, 0.3) is 0 Å². The number of imide groups is 1. The van der Waals surface area contributed by atoms with Crippen molar-refractivity contribution in [3.63, 3.8) is 0 Å². The molecule has 1 aromatic rings. The number of nitrogens with one attached hydrogen (secondary N) is 2. The van der Waals surface area contributed by atoms with E-state index >= 15 is 0 Å². The van der Waals surface area contributed by atoms with Crippen molar-refractivity contribution in [1.82, 2.24) is 9.62 Å². The van der Waals surface area contributed by atoms with Gasteiger partial charge in [0.1, 0.15) is 5.82 Å². The number of hydrogen-bond donors (Lipinski definition) is 2. The fourth-order valence-electron chi connectivity index (χ4n) is 3.43. The molecular formula is C20H28FN3O5S. The van der Waals surface area contributed by atoms with E-state index in [2.05, 4.69) is 5.32 Å². The molecule has 8 nitrogen and oxygen atoms in total. The molecular weight excluding hydrogens is 413 g/mol. The zero-order chi connectivity index (χ0) is 22.8. The monoisotopic (exact) mass is 441 g/mol. The van der Waals surface area contributed by atoms with Gasteiger partial charge in [-0.15, -0.1) is 0 Å². The largest absolute Gasteiger partial charge is 0.332 e. The molecule has 0 aliphatic carbocycles. The lowest BCUT2D eigenvalue weighted by Gasteiger charge is -2.30. The van der Waals surface area contributed by atoms with E-state index in [-0.39, 0.29) is 31.2 Å². The van der Waals surface area contributed by atoms with Gasteiger partial charge in [0.25, 0.3) is 0 Å². The molecule has 2 N–H and O–H groups in total. The second-order valence-electron chi connectivity index (χ2n) is 8.05. The smallest absolute Gasteiger partial charge is 0.307 e. The Kier molecular flexibility index (Phi) is 7.23. The minimum atomic E-state index is -4.15. The van der Waals surface area contributed by atoms with E-state index in [9.17, 15) is 27.2 Å². The average Bonchev–Trinajstić information content (AvgIpc) is 2.61. The number of urea groups is 1. The molecule has 30 heavy (non-hydrogen) atoms. The number of benzene rings is 1. The van der Waals surface area contributed by atoms with E-state index in [1.807, 2.05) is 32.4 Å². The molecule has 1 heterocycles. The fraction of sp³-hybridized carbons (Fsp3) is 0.550. The van der Waals surface area contributed by atoms with Crippen LogP contribution >= 0.6 is 0 Å². The second kappa shape index (κ2) is 9.11. The number of hydrogen-bond acceptors (Lipinski definition) is 5. The summed E-state index contributed by atoms with van der Waals surface area (Å²) in [6.45, 7) is 8.24. The van der Waals surface area contributed by atoms with Gasteiger partial charge in [-0.3, -0.25) is 14.5 Å². The number of carbonyl (C=O) groups is 3. The number of carbonyl (C=O) groups excluding carboxylic acids is 3. The predicted octanol–water partition coefficient (Wildman–Crippen LogP) is 3.06. The zero-order valence-corrected chi connectivity index (χ0v) is 18.6. The highest BCUT2D eigenvalue weighted by atomic mass is 32.2. The van der Waals surface area contributed by atoms with Gasteiger partial charge in [-0.25, -0.2) is 22.3 Å². The van der Waals surface area contributed by atoms with Gasteiger partial charge in [-0.2, -0.15) is 0 Å². The van der Waals surface area contributed by atoms with Gasteiger partial charge in [-0.1, -0.05) is 27.7 Å². The number of nitrogens with zero attached hydrogens (tertiary/aromatic N) is 1. The third-order valence-corrected chi connectivity index (χ3v) is 6.80. The van der Waals surface area contributed by atoms with Gasteiger partial charge in [0.05, 0.1) is 5.25 Å². The summed E-state index contributed by atoms with van der Waals surface area (Å²) in [5, 5.41) is 1.47. The fourth-order valence-corrected chi connectivity index (χ4v) is 4.68. The molecule has 1 fully saturated rings. The molecule has 1 aliphatic heterocycles. The molecule has 10 heteroatoms. The van der Waals surface area contributed by atoms with Crippen molar-refractivity contribution >= 4 is 33.6 Å². The first-order chi connectivity index (χ1) is 13.8. The van der Waals surface area contributed by atoms with Gasteiger partial charge in [-0.05, 0) is 41.5 Å². The summed E-state index contributed by atoms with van der Waals surface area (Å²) in [7, 11) is -4.15. The van der Waals surface area contributed by atoms with Gasteiger partial charge in [0, 0.05) is 25.6 Å². The second-order valence-corrected chi connectivity index (χ2v) is 10.0. The maximum atomic E-state index is 14.0. The van der Waals surface area contributed by atoms with Crippen molar-refractivity contribution in [2.75, 3.05) is 11.9 Å². The molecule has 4 amide bonds. The van der Waals surface area contributed by atoms with Crippen LogP contribution in [0.1, 0.15) is 70.4 Å². The van der Waals surface area contributed by atoms with Gasteiger partial charge in [0.2, 0.25) is 21.8 Å². The van der Waals surface area contributed by atoms with E-state index in [1.54, 1.807) is 0 Å². The summed E-state index contributed by atoms with van der Waals surface area (Å²) < 4.78 is 41.3. The van der Waals surface area contributed by atoms with Crippen molar-refractivity contribution in [2.24, 2.45) is 0 Å². The van der Waals surface area contributed by atoms with Gasteiger partial charge in [0.15, 0.2) is 0 Å². The summed E-state index contributed by atoms with van der Waals surface area (Å²) in [4.78, 5) is 36.8. The van der Waals surface area contributed by atoms with Crippen LogP contribution in [0.5, 0.6) is 0 Å². The third kappa shape index (κ3) is 5.35. The molecule has 1 aliphatic rings. The van der Waals surface area contributed by atoms with Gasteiger partial charge >= 0.3 is 6.03 Å². The Labute approximate surface area is 176 Å². The van der Waals surface area contributed by atoms with E-state index in [4.69, 9.17) is 0 Å². The number of anilines is 1. The molecule has 166 valence electrons. The van der Waals surface area contributed by atoms with Crippen molar-refractivity contribution < 1.29 is 27.2 Å². The molecule has 1 atom stereocenters. The normalized spacial score (nSPS) is 17.4. The maximum absolute atomic E-state index is 14.0. The van der Waals surface area contributed by atoms with Crippen LogP contribution in [0.15, 0.2) is 12.1 Å². The minimum Gasteiger partial charge on any atom is -0.307 e. The molecule has 0 bridgehead atoms. The van der Waals surface area contributed by atoms with Crippen molar-refractivity contribution in [3.8, 4) is 0 Å². The lowest BCUT2D eigenvalue weighted by molar-refractivity contribution is -0.145. The number of likely N-dealkylation sites (tertiary alicyclic amines) is 1. The highest BCUT2D eigenvalue weighted by Crippen LogP contribution is 2.33. The number of halogens is 1. The van der Waals surface area contributed by atoms with Crippen LogP contribution in [0, 0.1) is 5.82 Å². The quantitative estimate of drug-likeness (QED) is 0.729. The Morgan fingerprint density at radius 3 is 2.13 bits per heavy atom. The average molecular weight is 442 g/mol. The summed E-state index contributed by atoms with van der Waals surface area (Å²) in [5.74, 6) is -1.64. The zero-order valence-electron chi connectivity index (χ0n) is 17.8. The lowest BCUT2D eigenvalue weighted by Crippen LogP contribution is -2.51. The Morgan fingerprint density at radius 2 is 1.67 bits per heavy atom. The van der Waals surface area contributed by atoms with Crippen LogP contribution in [0.2, 0.25) is 0 Å². The van der Waals surface area contributed by atoms with Crippen LogP contribution in [0.4, 0.5) is 14.9 Å². The molecule has 1 aromatic carbocycles. The number of piperidine rings is 1. The molecule has 1 saturated heterocycles. The first-order valence-electron chi connectivity index (χ1n) is 9.80. The summed E-state index contributed by atoms with van der Waals surface area (Å²) >= 11 is 0. The van der Waals surface area contributed by atoms with Crippen LogP contribution in [-0.4, -0.2) is 43.0 Å². The predicted molar refractivity (Wildman–Crippen MR) is 111 cm³/mol. The summed E-state index contributed by atoms with van der Waals surface area (Å²) in [6, 6.07) is 1.66. The Bertz CT molecular complexity index is 930. The third-order valence-electron chi connectivity index (χ3n) is 5.07. The minimum absolute atomic E-state index is 0.0102. The highest BCUT2D eigenvalue weighted by molar-refractivity contribution is 7.90. The molecule has 0 aromatic heterocycles. The van der Waals surface area contributed by atoms with Crippen LogP contribution in [0.3, 0.4) is 0 Å². The topological polar surface area (TPSA) is 113 Å². The van der Waals surface area contributed by atoms with E-state index in [0.29, 0.717) is 16.8 Å². The van der Waals surface area contributed by atoms with Gasteiger partial charge < -0.3 is 5.32 Å². The first-order valence-corrected chi connectivity index (χ1v) is 11.3. The molecule has 0 radical (unpaired) electrons. The van der Waals surface area contributed by atoms with Crippen molar-refractivity contribution in [1.29, 1.82) is 0 Å². The Hall–Kier alpha value is -2.49. The highest BCUT2D eigenvalue weighted by Gasteiger charge is 2.37. The SMILES string of the molecule is CC(=O)N1CC(S(=O)(=O)NC(=O)Nc2c(C(C)C)cc(F)cc2C(C)C)CCC1=O. The van der Waals surface area contributed by atoms with E-state index in [1.165, 1.54) is 19.1 Å². The summed E-state index contributed by atoms with van der Waals surface area (Å²) in [6.07, 6.45) is -0.0873. The Balaban J connectivity index is 2.25. The first kappa shape index (κ1) is 23.8. The van der Waals surface area contributed by atoms with E-state index in [0.717, 1.165) is 4.90 Å². The Morgan fingerprint density at radius 1 is 1.13 bits per heavy atom. The van der Waals surface area contributed by atoms with Crippen LogP contribution in [-0.2, 0) is 19.6 Å². The maximum Gasteiger partial charge on any atom is 0.332 e. The van der Waals surface area contributed by atoms with Crippen LogP contribution < -0.4 is 10.0 Å².